The molecular formula is C11H12N2OS. The summed E-state index contributed by atoms with van der Waals surface area (Å²) in [6.07, 6.45) is 2.72. The van der Waals surface area contributed by atoms with Gasteiger partial charge < -0.3 is 5.11 Å². The Hall–Kier alpha value is -1.26. The van der Waals surface area contributed by atoms with Gasteiger partial charge in [-0.3, -0.25) is 0 Å². The van der Waals surface area contributed by atoms with Crippen LogP contribution in [0.15, 0.2) is 24.5 Å². The first kappa shape index (κ1) is 10.3. The predicted octanol–water partition coefficient (Wildman–Crippen LogP) is 2.24. The van der Waals surface area contributed by atoms with Crippen molar-refractivity contribution in [2.75, 3.05) is 0 Å². The van der Waals surface area contributed by atoms with Crippen LogP contribution in [-0.4, -0.2) is 15.1 Å². The summed E-state index contributed by atoms with van der Waals surface area (Å²) in [5, 5.41) is 9.98. The predicted molar refractivity (Wildman–Crippen MR) is 59.9 cm³/mol. The van der Waals surface area contributed by atoms with E-state index in [0.29, 0.717) is 5.82 Å². The third-order valence-electron chi connectivity index (χ3n) is 2.08. The Kier molecular flexibility index (Phi) is 2.79. The van der Waals surface area contributed by atoms with Gasteiger partial charge in [-0.15, -0.1) is 11.3 Å². The Labute approximate surface area is 92.5 Å². The van der Waals surface area contributed by atoms with Crippen LogP contribution < -0.4 is 0 Å². The monoisotopic (exact) mass is 220 g/mol. The van der Waals surface area contributed by atoms with Crippen LogP contribution in [0.5, 0.6) is 0 Å². The number of nitrogens with zero attached hydrogens (tertiary/aromatic N) is 2. The minimum atomic E-state index is -0.704. The normalized spacial score (nSPS) is 12.7. The highest BCUT2D eigenvalue weighted by Crippen LogP contribution is 2.25. The standard InChI is InChI=1S/C11H12N2OS/c1-7-5-12-11(13-6-7)10(14)9-4-3-8(2)15-9/h3-6,10,14H,1-2H3. The number of aromatic nitrogens is 2. The first-order chi connectivity index (χ1) is 7.16. The molecule has 78 valence electrons. The Morgan fingerprint density at radius 1 is 1.20 bits per heavy atom. The molecular weight excluding hydrogens is 208 g/mol. The SMILES string of the molecule is Cc1cnc(C(O)c2ccc(C)s2)nc1. The van der Waals surface area contributed by atoms with Crippen LogP contribution in [-0.2, 0) is 0 Å². The lowest BCUT2D eigenvalue weighted by Crippen LogP contribution is -2.03. The number of aliphatic hydroxyl groups excluding tert-OH is 1. The van der Waals surface area contributed by atoms with Crippen LogP contribution in [0.25, 0.3) is 0 Å². The molecule has 4 heteroatoms. The molecule has 2 aromatic rings. The van der Waals surface area contributed by atoms with Crippen LogP contribution >= 0.6 is 11.3 Å². The summed E-state index contributed by atoms with van der Waals surface area (Å²) in [5.74, 6) is 0.461. The average molecular weight is 220 g/mol. The summed E-state index contributed by atoms with van der Waals surface area (Å²) in [4.78, 5) is 10.3. The van der Waals surface area contributed by atoms with Gasteiger partial charge in [0.25, 0.3) is 0 Å². The van der Waals surface area contributed by atoms with Gasteiger partial charge in [0, 0.05) is 22.1 Å². The van der Waals surface area contributed by atoms with Crippen molar-refractivity contribution in [1.29, 1.82) is 0 Å². The van der Waals surface area contributed by atoms with Crippen molar-refractivity contribution in [3.8, 4) is 0 Å². The molecule has 0 saturated carbocycles. The fourth-order valence-corrected chi connectivity index (χ4v) is 2.13. The summed E-state index contributed by atoms with van der Waals surface area (Å²) in [6, 6.07) is 3.89. The second-order valence-electron chi connectivity index (χ2n) is 3.47. The molecule has 1 N–H and O–H groups in total. The maximum Gasteiger partial charge on any atom is 0.162 e. The molecule has 0 aromatic carbocycles. The molecule has 15 heavy (non-hydrogen) atoms. The molecule has 0 aliphatic heterocycles. The summed E-state index contributed by atoms with van der Waals surface area (Å²) in [7, 11) is 0. The molecule has 0 radical (unpaired) electrons. The molecule has 1 atom stereocenters. The van der Waals surface area contributed by atoms with E-state index in [-0.39, 0.29) is 0 Å². The largest absolute Gasteiger partial charge is 0.379 e. The van der Waals surface area contributed by atoms with E-state index in [0.717, 1.165) is 10.4 Å². The summed E-state index contributed by atoms with van der Waals surface area (Å²) in [6.45, 7) is 3.93. The lowest BCUT2D eigenvalue weighted by molar-refractivity contribution is 0.213. The number of aryl methyl sites for hydroxylation is 2. The maximum atomic E-state index is 9.98. The molecule has 0 bridgehead atoms. The van der Waals surface area contributed by atoms with E-state index in [9.17, 15) is 5.11 Å². The average Bonchev–Trinajstić information content (AvgIpc) is 2.65. The third-order valence-corrected chi connectivity index (χ3v) is 3.13. The first-order valence-electron chi connectivity index (χ1n) is 4.70. The molecule has 1 unspecified atom stereocenters. The van der Waals surface area contributed by atoms with Gasteiger partial charge in [-0.25, -0.2) is 9.97 Å². The van der Waals surface area contributed by atoms with E-state index in [4.69, 9.17) is 0 Å². The van der Waals surface area contributed by atoms with Gasteiger partial charge in [0.1, 0.15) is 6.10 Å². The van der Waals surface area contributed by atoms with Gasteiger partial charge in [0.05, 0.1) is 0 Å². The Balaban J connectivity index is 2.28. The van der Waals surface area contributed by atoms with Crippen LogP contribution in [0.4, 0.5) is 0 Å². The van der Waals surface area contributed by atoms with Gasteiger partial charge in [0.2, 0.25) is 0 Å². The van der Waals surface area contributed by atoms with Gasteiger partial charge in [-0.1, -0.05) is 0 Å². The Morgan fingerprint density at radius 2 is 1.87 bits per heavy atom. The smallest absolute Gasteiger partial charge is 0.162 e. The van der Waals surface area contributed by atoms with Gasteiger partial charge >= 0.3 is 0 Å². The van der Waals surface area contributed by atoms with Crippen molar-refractivity contribution in [2.45, 2.75) is 20.0 Å². The number of rotatable bonds is 2. The van der Waals surface area contributed by atoms with Crippen molar-refractivity contribution in [3.05, 3.63) is 45.7 Å². The Bertz CT molecular complexity index is 450. The molecule has 0 fully saturated rings. The zero-order valence-electron chi connectivity index (χ0n) is 8.64. The highest BCUT2D eigenvalue weighted by molar-refractivity contribution is 7.12. The van der Waals surface area contributed by atoms with E-state index < -0.39 is 6.10 Å². The molecule has 0 saturated heterocycles. The Morgan fingerprint density at radius 3 is 2.40 bits per heavy atom. The zero-order valence-corrected chi connectivity index (χ0v) is 9.45. The fraction of sp³-hybridized carbons (Fsp3) is 0.273. The zero-order chi connectivity index (χ0) is 10.8. The highest BCUT2D eigenvalue weighted by atomic mass is 32.1. The fourth-order valence-electron chi connectivity index (χ4n) is 1.27. The molecule has 0 aliphatic carbocycles. The molecule has 2 aromatic heterocycles. The van der Waals surface area contributed by atoms with E-state index in [2.05, 4.69) is 9.97 Å². The topological polar surface area (TPSA) is 46.0 Å². The molecule has 0 spiro atoms. The summed E-state index contributed by atoms with van der Waals surface area (Å²) < 4.78 is 0. The van der Waals surface area contributed by atoms with Gasteiger partial charge in [0.15, 0.2) is 5.82 Å². The molecule has 3 nitrogen and oxygen atoms in total. The number of hydrogen-bond acceptors (Lipinski definition) is 4. The summed E-state index contributed by atoms with van der Waals surface area (Å²) in [5.41, 5.74) is 0.994. The van der Waals surface area contributed by atoms with Crippen molar-refractivity contribution in [3.63, 3.8) is 0 Å². The van der Waals surface area contributed by atoms with Crippen LogP contribution in [0.2, 0.25) is 0 Å². The second-order valence-corrected chi connectivity index (χ2v) is 4.79. The maximum absolute atomic E-state index is 9.98. The quantitative estimate of drug-likeness (QED) is 0.844. The van der Waals surface area contributed by atoms with E-state index in [1.165, 1.54) is 4.88 Å². The van der Waals surface area contributed by atoms with Crippen LogP contribution in [0.1, 0.15) is 27.2 Å². The van der Waals surface area contributed by atoms with Crippen molar-refractivity contribution >= 4 is 11.3 Å². The molecule has 2 rings (SSSR count). The van der Waals surface area contributed by atoms with E-state index in [1.54, 1.807) is 23.7 Å². The van der Waals surface area contributed by atoms with Crippen LogP contribution in [0.3, 0.4) is 0 Å². The summed E-state index contributed by atoms with van der Waals surface area (Å²) >= 11 is 1.56. The molecule has 0 amide bonds. The number of hydrogen-bond donors (Lipinski definition) is 1. The second kappa shape index (κ2) is 4.08. The van der Waals surface area contributed by atoms with Crippen molar-refractivity contribution < 1.29 is 5.11 Å². The molecule has 0 aliphatic rings. The first-order valence-corrected chi connectivity index (χ1v) is 5.51. The number of aliphatic hydroxyl groups is 1. The van der Waals surface area contributed by atoms with Gasteiger partial charge in [-0.2, -0.15) is 0 Å². The van der Waals surface area contributed by atoms with Crippen molar-refractivity contribution in [2.24, 2.45) is 0 Å². The minimum absolute atomic E-state index is 0.461. The number of thiophene rings is 1. The van der Waals surface area contributed by atoms with E-state index in [1.807, 2.05) is 26.0 Å². The van der Waals surface area contributed by atoms with Gasteiger partial charge in [-0.05, 0) is 31.5 Å². The highest BCUT2D eigenvalue weighted by Gasteiger charge is 2.14. The minimum Gasteiger partial charge on any atom is -0.379 e. The molecule has 2 heterocycles. The van der Waals surface area contributed by atoms with E-state index >= 15 is 0 Å². The van der Waals surface area contributed by atoms with Crippen molar-refractivity contribution in [1.82, 2.24) is 9.97 Å². The van der Waals surface area contributed by atoms with Crippen LogP contribution in [0, 0.1) is 13.8 Å². The lowest BCUT2D eigenvalue weighted by Gasteiger charge is -2.06. The third kappa shape index (κ3) is 2.22. The lowest BCUT2D eigenvalue weighted by atomic mass is 10.2.